The number of benzene rings is 2. The van der Waals surface area contributed by atoms with Gasteiger partial charge in [-0.2, -0.15) is 15.3 Å². The highest BCUT2D eigenvalue weighted by Gasteiger charge is 2.23. The number of aromatic hydroxyl groups is 1. The zero-order chi connectivity index (χ0) is 44.2. The van der Waals surface area contributed by atoms with Crippen molar-refractivity contribution in [2.75, 3.05) is 23.0 Å². The average molecular weight is 844 g/mol. The van der Waals surface area contributed by atoms with Gasteiger partial charge >= 0.3 is 0 Å². The minimum atomic E-state index is -0.767. The summed E-state index contributed by atoms with van der Waals surface area (Å²) in [6.45, 7) is 8.88. The molecule has 5 aromatic heterocycles. The first-order chi connectivity index (χ1) is 29.7. The number of carbonyl (C=O) groups is 4. The quantitative estimate of drug-likeness (QED) is 0.0718. The molecule has 0 radical (unpaired) electrons. The van der Waals surface area contributed by atoms with Crippen molar-refractivity contribution in [3.63, 3.8) is 0 Å². The van der Waals surface area contributed by atoms with Gasteiger partial charge in [0.05, 0.1) is 40.9 Å². The molecule has 2 aromatic carbocycles. The molecule has 7 aromatic rings. The highest BCUT2D eigenvalue weighted by Crippen LogP contribution is 2.33. The number of nitrogens with two attached hydrogens (primary N) is 3. The number of hydrogen-bond donors (Lipinski definition) is 6. The number of hydrogen-bond acceptors (Lipinski definition) is 12. The third-order valence-corrected chi connectivity index (χ3v) is 9.71. The summed E-state index contributed by atoms with van der Waals surface area (Å²) in [6, 6.07) is 9.00. The van der Waals surface area contributed by atoms with E-state index in [-0.39, 0.29) is 65.3 Å². The average Bonchev–Trinajstić information content (AvgIpc) is 4.06. The van der Waals surface area contributed by atoms with Crippen LogP contribution in [0.2, 0.25) is 0 Å². The molecule has 4 amide bonds. The van der Waals surface area contributed by atoms with Crippen molar-refractivity contribution >= 4 is 63.3 Å². The van der Waals surface area contributed by atoms with E-state index in [1.165, 1.54) is 24.3 Å². The Hall–Kier alpha value is -8.23. The Morgan fingerprint density at radius 3 is 1.76 bits per heavy atom. The second-order valence-corrected chi connectivity index (χ2v) is 14.2. The van der Waals surface area contributed by atoms with Crippen LogP contribution in [0.25, 0.3) is 22.1 Å². The topological polar surface area (TPSA) is 289 Å². The normalized spacial score (nSPS) is 11.7. The number of nitrogens with one attached hydrogen (secondary N) is 2. The number of ether oxygens (including phenoxy) is 1. The first-order valence-electron chi connectivity index (χ1n) is 19.5. The minimum Gasteiger partial charge on any atom is -0.506 e. The summed E-state index contributed by atoms with van der Waals surface area (Å²) in [5.74, 6) is -2.24. The Labute approximate surface area is 353 Å². The Bertz CT molecular complexity index is 2930. The number of rotatable bonds is 17. The van der Waals surface area contributed by atoms with Crippen LogP contribution in [0.3, 0.4) is 0 Å². The third kappa shape index (κ3) is 8.71. The predicted molar refractivity (Wildman–Crippen MR) is 230 cm³/mol. The molecule has 7 rings (SSSR count). The maximum absolute atomic E-state index is 13.8. The van der Waals surface area contributed by atoms with Gasteiger partial charge in [0.25, 0.3) is 11.8 Å². The molecule has 0 bridgehead atoms. The summed E-state index contributed by atoms with van der Waals surface area (Å²) in [5, 5.41) is 29.8. The van der Waals surface area contributed by atoms with Crippen LogP contribution in [0.5, 0.6) is 11.5 Å². The number of aromatic nitrogens is 10. The van der Waals surface area contributed by atoms with Gasteiger partial charge in [-0.25, -0.2) is 9.97 Å². The maximum Gasteiger partial charge on any atom is 0.276 e. The molecule has 5 heterocycles. The lowest BCUT2D eigenvalue weighted by Crippen LogP contribution is -2.20. The van der Waals surface area contributed by atoms with Gasteiger partial charge in [0.1, 0.15) is 40.5 Å². The molecule has 9 N–H and O–H groups in total. The minimum absolute atomic E-state index is 0.0302. The zero-order valence-corrected chi connectivity index (χ0v) is 34.4. The molecule has 0 atom stereocenters. The summed E-state index contributed by atoms with van der Waals surface area (Å²) in [6.07, 6.45) is 10.4. The largest absolute Gasteiger partial charge is 0.506 e. The molecule has 0 aliphatic rings. The number of nitrogen functional groups attached to an aromatic ring is 1. The molecule has 62 heavy (non-hydrogen) atoms. The molecular weight excluding hydrogens is 799 g/mol. The number of phenols is 1. The fraction of sp³-hybridized carbons (Fsp3) is 0.244. The number of anilines is 3. The monoisotopic (exact) mass is 843 g/mol. The van der Waals surface area contributed by atoms with Crippen molar-refractivity contribution in [3.8, 4) is 11.5 Å². The van der Waals surface area contributed by atoms with Crippen molar-refractivity contribution in [2.45, 2.75) is 60.4 Å². The number of aryl methyl sites for hydroxylation is 4. The zero-order valence-electron chi connectivity index (χ0n) is 34.4. The van der Waals surface area contributed by atoms with Gasteiger partial charge in [-0.3, -0.25) is 43.9 Å². The lowest BCUT2D eigenvalue weighted by Gasteiger charge is -2.12. The Balaban J connectivity index is 1.25. The van der Waals surface area contributed by atoms with E-state index in [0.29, 0.717) is 59.1 Å². The Morgan fingerprint density at radius 1 is 0.726 bits per heavy atom. The van der Waals surface area contributed by atoms with Crippen molar-refractivity contribution in [2.24, 2.45) is 11.5 Å². The fourth-order valence-electron chi connectivity index (χ4n) is 6.91. The van der Waals surface area contributed by atoms with E-state index in [0.717, 1.165) is 0 Å². The van der Waals surface area contributed by atoms with Crippen LogP contribution in [0.4, 0.5) is 17.6 Å². The highest BCUT2D eigenvalue weighted by molar-refractivity contribution is 6.05. The van der Waals surface area contributed by atoms with E-state index in [1.807, 2.05) is 19.9 Å². The molecule has 0 unspecified atom stereocenters. The second kappa shape index (κ2) is 17.6. The Kier molecular flexibility index (Phi) is 11.9. The summed E-state index contributed by atoms with van der Waals surface area (Å²) >= 11 is 0. The van der Waals surface area contributed by atoms with Gasteiger partial charge in [-0.1, -0.05) is 18.2 Å². The van der Waals surface area contributed by atoms with Crippen LogP contribution >= 0.6 is 0 Å². The number of imidazole rings is 2. The number of phenolic OH excluding ortho intramolecular Hbond substituents is 1. The lowest BCUT2D eigenvalue weighted by molar-refractivity contribution is 0.0991. The van der Waals surface area contributed by atoms with Gasteiger partial charge in [0, 0.05) is 43.5 Å². The molecule has 0 spiro atoms. The van der Waals surface area contributed by atoms with Crippen LogP contribution in [0, 0.1) is 13.8 Å². The number of amides is 4. The number of carbonyl (C=O) groups excluding carboxylic acids is 4. The van der Waals surface area contributed by atoms with E-state index in [2.05, 4.69) is 30.9 Å². The number of fused-ring (bicyclic) bond motifs is 2. The molecule has 0 saturated carbocycles. The van der Waals surface area contributed by atoms with E-state index in [4.69, 9.17) is 26.9 Å². The van der Waals surface area contributed by atoms with Crippen molar-refractivity contribution in [1.82, 2.24) is 48.4 Å². The molecule has 21 heteroatoms. The van der Waals surface area contributed by atoms with Gasteiger partial charge in [0.15, 0.2) is 0 Å². The Morgan fingerprint density at radius 2 is 1.24 bits per heavy atom. The van der Waals surface area contributed by atoms with E-state index >= 15 is 0 Å². The number of primary amides is 2. The van der Waals surface area contributed by atoms with Gasteiger partial charge in [-0.15, -0.1) is 0 Å². The molecular formula is C41H45N15O6. The first-order valence-corrected chi connectivity index (χ1v) is 19.5. The van der Waals surface area contributed by atoms with Gasteiger partial charge in [0.2, 0.25) is 23.7 Å². The molecule has 0 saturated heterocycles. The SMILES string of the molecule is CCn1nc(C)cc1C(=O)Nc1nc2cc(C(N)=O)cc(O)c2n1C/C=C/Cn1c(NC(=O)c2cc(C)nn2CC)nc2cc(C(N)=O)cc(OC/C=C/Cn3cc(N)cn3)c21. The van der Waals surface area contributed by atoms with Crippen LogP contribution in [-0.4, -0.2) is 83.8 Å². The predicted octanol–water partition coefficient (Wildman–Crippen LogP) is 3.51. The lowest BCUT2D eigenvalue weighted by atomic mass is 10.1. The van der Waals surface area contributed by atoms with Crippen molar-refractivity contribution < 1.29 is 29.0 Å². The smallest absolute Gasteiger partial charge is 0.276 e. The summed E-state index contributed by atoms with van der Waals surface area (Å²) in [5.41, 5.74) is 20.9. The molecule has 0 aliphatic carbocycles. The standard InChI is InChI=1S/C41H45N15O6/c1-5-55-30(15-23(3)50-55)38(60)48-40-46-28-17-25(36(43)58)19-32(57)34(28)53(40)12-7-8-13-54-35-29(47-41(54)49-39(61)31-16-24(4)51-56(31)6-2)18-26(37(44)59)20-33(35)62-14-10-9-11-52-22-27(42)21-45-52/h7-10,15-22,57H,5-6,11-14,42H2,1-4H3,(H2,43,58)(H2,44,59)(H,46,48,60)(H,47,49,61)/b8-7+,10-9+. The number of allylic oxidation sites excluding steroid dienone is 3. The fourth-order valence-corrected chi connectivity index (χ4v) is 6.91. The first kappa shape index (κ1) is 41.9. The molecule has 21 nitrogen and oxygen atoms in total. The van der Waals surface area contributed by atoms with Gasteiger partial charge < -0.3 is 36.2 Å². The van der Waals surface area contributed by atoms with E-state index in [1.54, 1.807) is 79.8 Å². The highest BCUT2D eigenvalue weighted by atomic mass is 16.5. The van der Waals surface area contributed by atoms with Crippen LogP contribution in [-0.2, 0) is 32.7 Å². The van der Waals surface area contributed by atoms with Crippen LogP contribution in [0.15, 0.2) is 73.1 Å². The van der Waals surface area contributed by atoms with E-state index in [9.17, 15) is 24.3 Å². The van der Waals surface area contributed by atoms with Crippen molar-refractivity contribution in [3.05, 3.63) is 107 Å². The van der Waals surface area contributed by atoms with Crippen molar-refractivity contribution in [1.29, 1.82) is 0 Å². The third-order valence-electron chi connectivity index (χ3n) is 9.71. The second-order valence-electron chi connectivity index (χ2n) is 14.2. The summed E-state index contributed by atoms with van der Waals surface area (Å²) < 4.78 is 14.3. The molecule has 0 aliphatic heterocycles. The molecule has 0 fully saturated rings. The van der Waals surface area contributed by atoms with Gasteiger partial charge in [-0.05, 0) is 70.2 Å². The number of nitrogens with zero attached hydrogens (tertiary/aromatic N) is 10. The molecule has 320 valence electrons. The maximum atomic E-state index is 13.8. The van der Waals surface area contributed by atoms with Crippen LogP contribution < -0.4 is 32.6 Å². The van der Waals surface area contributed by atoms with Crippen LogP contribution in [0.1, 0.15) is 66.9 Å². The van der Waals surface area contributed by atoms with E-state index < -0.39 is 23.6 Å². The summed E-state index contributed by atoms with van der Waals surface area (Å²) in [4.78, 5) is 61.2. The summed E-state index contributed by atoms with van der Waals surface area (Å²) in [7, 11) is 0.